The Morgan fingerprint density at radius 3 is 2.78 bits per heavy atom. The summed E-state index contributed by atoms with van der Waals surface area (Å²) in [5.41, 5.74) is 3.02. The first kappa shape index (κ1) is 10.7. The molecule has 4 nitrogen and oxygen atoms in total. The van der Waals surface area contributed by atoms with Gasteiger partial charge in [-0.15, -0.1) is 0 Å². The molecule has 0 radical (unpaired) electrons. The molecule has 4 heteroatoms. The van der Waals surface area contributed by atoms with E-state index in [9.17, 15) is 0 Å². The van der Waals surface area contributed by atoms with Crippen LogP contribution in [0.15, 0.2) is 55.1 Å². The Morgan fingerprint density at radius 1 is 0.944 bits per heavy atom. The molecule has 2 aromatic heterocycles. The van der Waals surface area contributed by atoms with Crippen molar-refractivity contribution in [2.24, 2.45) is 0 Å². The molecule has 3 rings (SSSR count). The number of hydrogen-bond acceptors (Lipinski definition) is 4. The van der Waals surface area contributed by atoms with Crippen LogP contribution in [-0.2, 0) is 6.54 Å². The van der Waals surface area contributed by atoms with E-state index in [0.29, 0.717) is 6.54 Å². The molecule has 0 aliphatic heterocycles. The Kier molecular flexibility index (Phi) is 2.84. The third-order valence-corrected chi connectivity index (χ3v) is 2.75. The number of nitrogens with one attached hydrogen (secondary N) is 1. The van der Waals surface area contributed by atoms with E-state index in [1.807, 2.05) is 36.5 Å². The third kappa shape index (κ3) is 2.13. The second-order valence-corrected chi connectivity index (χ2v) is 3.93. The summed E-state index contributed by atoms with van der Waals surface area (Å²) in [6.45, 7) is 0.677. The van der Waals surface area contributed by atoms with Gasteiger partial charge in [0.1, 0.15) is 6.33 Å². The average Bonchev–Trinajstić information content (AvgIpc) is 2.46. The second kappa shape index (κ2) is 4.79. The van der Waals surface area contributed by atoms with Crippen molar-refractivity contribution in [1.29, 1.82) is 0 Å². The van der Waals surface area contributed by atoms with E-state index in [0.717, 1.165) is 22.3 Å². The van der Waals surface area contributed by atoms with Crippen molar-refractivity contribution in [1.82, 2.24) is 15.0 Å². The fourth-order valence-corrected chi connectivity index (χ4v) is 1.86. The Hall–Kier alpha value is -2.49. The summed E-state index contributed by atoms with van der Waals surface area (Å²) in [4.78, 5) is 12.4. The highest BCUT2D eigenvalue weighted by atomic mass is 14.9. The minimum absolute atomic E-state index is 0.677. The van der Waals surface area contributed by atoms with Crippen LogP contribution in [0.2, 0.25) is 0 Å². The van der Waals surface area contributed by atoms with E-state index >= 15 is 0 Å². The highest BCUT2D eigenvalue weighted by Crippen LogP contribution is 2.21. The predicted octanol–water partition coefficient (Wildman–Crippen LogP) is 2.64. The number of aromatic nitrogens is 3. The van der Waals surface area contributed by atoms with Gasteiger partial charge in [-0.25, -0.2) is 9.97 Å². The van der Waals surface area contributed by atoms with Crippen LogP contribution in [0.4, 0.5) is 5.69 Å². The van der Waals surface area contributed by atoms with Crippen molar-refractivity contribution >= 4 is 16.6 Å². The van der Waals surface area contributed by atoms with Crippen LogP contribution in [-0.4, -0.2) is 15.0 Å². The Balaban J connectivity index is 1.87. The molecule has 0 saturated carbocycles. The molecule has 2 heterocycles. The summed E-state index contributed by atoms with van der Waals surface area (Å²) >= 11 is 0. The Labute approximate surface area is 105 Å². The van der Waals surface area contributed by atoms with Crippen molar-refractivity contribution in [2.45, 2.75) is 6.54 Å². The molecule has 0 aliphatic carbocycles. The minimum atomic E-state index is 0.677. The molecular weight excluding hydrogens is 224 g/mol. The number of nitrogens with zero attached hydrogens (tertiary/aromatic N) is 3. The van der Waals surface area contributed by atoms with Gasteiger partial charge in [-0.05, 0) is 18.2 Å². The fraction of sp³-hybridized carbons (Fsp3) is 0.0714. The maximum atomic E-state index is 4.33. The molecule has 0 saturated heterocycles. The molecule has 0 bridgehead atoms. The van der Waals surface area contributed by atoms with Crippen LogP contribution < -0.4 is 5.32 Å². The lowest BCUT2D eigenvalue weighted by atomic mass is 10.2. The van der Waals surface area contributed by atoms with Crippen LogP contribution in [0.5, 0.6) is 0 Å². The lowest BCUT2D eigenvalue weighted by molar-refractivity contribution is 1.01. The lowest BCUT2D eigenvalue weighted by Gasteiger charge is -2.08. The Bertz CT molecular complexity index is 647. The number of para-hydroxylation sites is 1. The number of pyridine rings is 1. The van der Waals surface area contributed by atoms with E-state index in [1.165, 1.54) is 0 Å². The summed E-state index contributed by atoms with van der Waals surface area (Å²) in [6.07, 6.45) is 5.11. The summed E-state index contributed by atoms with van der Waals surface area (Å²) in [5, 5.41) is 4.49. The van der Waals surface area contributed by atoms with Crippen molar-refractivity contribution in [2.75, 3.05) is 5.32 Å². The van der Waals surface area contributed by atoms with Crippen LogP contribution >= 0.6 is 0 Å². The van der Waals surface area contributed by atoms with Crippen LogP contribution in [0.3, 0.4) is 0 Å². The maximum Gasteiger partial charge on any atom is 0.115 e. The maximum absolute atomic E-state index is 4.33. The van der Waals surface area contributed by atoms with Crippen molar-refractivity contribution < 1.29 is 0 Å². The molecule has 1 aromatic carbocycles. The first-order valence-corrected chi connectivity index (χ1v) is 5.76. The molecule has 0 aliphatic rings. The van der Waals surface area contributed by atoms with Gasteiger partial charge in [-0.1, -0.05) is 18.2 Å². The van der Waals surface area contributed by atoms with E-state index < -0.39 is 0 Å². The average molecular weight is 236 g/mol. The monoisotopic (exact) mass is 236 g/mol. The molecule has 18 heavy (non-hydrogen) atoms. The summed E-state index contributed by atoms with van der Waals surface area (Å²) in [5.74, 6) is 0. The lowest BCUT2D eigenvalue weighted by Crippen LogP contribution is -2.02. The summed E-state index contributed by atoms with van der Waals surface area (Å²) in [6, 6.07) is 11.9. The molecule has 0 spiro atoms. The Morgan fingerprint density at radius 2 is 1.89 bits per heavy atom. The normalized spacial score (nSPS) is 10.4. The van der Waals surface area contributed by atoms with E-state index in [-0.39, 0.29) is 0 Å². The van der Waals surface area contributed by atoms with Gasteiger partial charge in [-0.2, -0.15) is 0 Å². The van der Waals surface area contributed by atoms with Gasteiger partial charge >= 0.3 is 0 Å². The van der Waals surface area contributed by atoms with Crippen LogP contribution in [0.1, 0.15) is 5.69 Å². The van der Waals surface area contributed by atoms with Crippen molar-refractivity contribution in [3.05, 3.63) is 60.8 Å². The van der Waals surface area contributed by atoms with E-state index in [4.69, 9.17) is 0 Å². The van der Waals surface area contributed by atoms with Crippen LogP contribution in [0.25, 0.3) is 10.9 Å². The van der Waals surface area contributed by atoms with Gasteiger partial charge in [0.2, 0.25) is 0 Å². The zero-order chi connectivity index (χ0) is 12.2. The number of rotatable bonds is 3. The number of anilines is 1. The van der Waals surface area contributed by atoms with Crippen molar-refractivity contribution in [3.8, 4) is 0 Å². The molecule has 88 valence electrons. The standard InChI is InChI=1S/C14H12N4/c1-2-4-13-12(3-1)14(6-8-16-13)17-9-11-5-7-15-10-18-11/h1-8,10H,9H2,(H,16,17). The molecule has 0 fully saturated rings. The first-order valence-electron chi connectivity index (χ1n) is 5.76. The third-order valence-electron chi connectivity index (χ3n) is 2.75. The number of hydrogen-bond donors (Lipinski definition) is 1. The predicted molar refractivity (Wildman–Crippen MR) is 71.1 cm³/mol. The van der Waals surface area contributed by atoms with Gasteiger partial charge in [0.05, 0.1) is 17.8 Å². The van der Waals surface area contributed by atoms with Crippen molar-refractivity contribution in [3.63, 3.8) is 0 Å². The van der Waals surface area contributed by atoms with E-state index in [2.05, 4.69) is 26.3 Å². The smallest absolute Gasteiger partial charge is 0.115 e. The second-order valence-electron chi connectivity index (χ2n) is 3.93. The highest BCUT2D eigenvalue weighted by Gasteiger charge is 2.00. The van der Waals surface area contributed by atoms with E-state index in [1.54, 1.807) is 12.5 Å². The molecule has 0 unspecified atom stereocenters. The van der Waals surface area contributed by atoms with Gasteiger partial charge in [0.15, 0.2) is 0 Å². The molecule has 0 amide bonds. The van der Waals surface area contributed by atoms with Gasteiger partial charge in [0, 0.05) is 23.5 Å². The number of benzene rings is 1. The van der Waals surface area contributed by atoms with Crippen LogP contribution in [0, 0.1) is 0 Å². The zero-order valence-corrected chi connectivity index (χ0v) is 9.74. The largest absolute Gasteiger partial charge is 0.379 e. The van der Waals surface area contributed by atoms with Gasteiger partial charge in [0.25, 0.3) is 0 Å². The fourth-order valence-electron chi connectivity index (χ4n) is 1.86. The molecule has 3 aromatic rings. The number of fused-ring (bicyclic) bond motifs is 1. The summed E-state index contributed by atoms with van der Waals surface area (Å²) in [7, 11) is 0. The molecule has 1 N–H and O–H groups in total. The van der Waals surface area contributed by atoms with Gasteiger partial charge < -0.3 is 5.32 Å². The SMILES string of the molecule is c1ccc2c(NCc3ccncn3)ccnc2c1. The zero-order valence-electron chi connectivity index (χ0n) is 9.74. The first-order chi connectivity index (χ1) is 8.93. The molecular formula is C14H12N4. The minimum Gasteiger partial charge on any atom is -0.379 e. The topological polar surface area (TPSA) is 50.7 Å². The van der Waals surface area contributed by atoms with Gasteiger partial charge in [-0.3, -0.25) is 4.98 Å². The summed E-state index contributed by atoms with van der Waals surface area (Å²) < 4.78 is 0. The molecule has 0 atom stereocenters. The quantitative estimate of drug-likeness (QED) is 0.759. The highest BCUT2D eigenvalue weighted by molar-refractivity contribution is 5.90.